The molecule has 0 aliphatic heterocycles. The van der Waals surface area contributed by atoms with Crippen LogP contribution in [0.4, 0.5) is 11.4 Å². The summed E-state index contributed by atoms with van der Waals surface area (Å²) in [5, 5.41) is 2.82. The van der Waals surface area contributed by atoms with Crippen LogP contribution in [0.1, 0.15) is 25.3 Å². The van der Waals surface area contributed by atoms with Crippen LogP contribution >= 0.6 is 0 Å². The Morgan fingerprint density at radius 3 is 2.56 bits per heavy atom. The zero-order valence-corrected chi connectivity index (χ0v) is 16.8. The molecule has 0 fully saturated rings. The van der Waals surface area contributed by atoms with Gasteiger partial charge in [0.05, 0.1) is 18.6 Å². The molecule has 27 heavy (non-hydrogen) atoms. The zero-order valence-electron chi connectivity index (χ0n) is 15.9. The highest BCUT2D eigenvalue weighted by atomic mass is 32.2. The first kappa shape index (κ1) is 20.8. The van der Waals surface area contributed by atoms with Crippen LogP contribution in [0, 0.1) is 6.92 Å². The highest BCUT2D eigenvalue weighted by Crippen LogP contribution is 2.23. The van der Waals surface area contributed by atoms with Crippen molar-refractivity contribution in [2.75, 3.05) is 29.0 Å². The summed E-state index contributed by atoms with van der Waals surface area (Å²) in [6.45, 7) is 4.56. The van der Waals surface area contributed by atoms with E-state index in [4.69, 9.17) is 4.74 Å². The molecule has 2 aromatic carbocycles. The number of sulfonamides is 1. The minimum Gasteiger partial charge on any atom is -0.494 e. The first-order valence-corrected chi connectivity index (χ1v) is 10.7. The molecule has 0 aliphatic carbocycles. The molecule has 0 heterocycles. The van der Waals surface area contributed by atoms with Crippen molar-refractivity contribution in [3.63, 3.8) is 0 Å². The first-order chi connectivity index (χ1) is 12.8. The van der Waals surface area contributed by atoms with Crippen molar-refractivity contribution in [3.05, 3.63) is 54.1 Å². The Hall–Kier alpha value is -2.54. The predicted molar refractivity (Wildman–Crippen MR) is 109 cm³/mol. The first-order valence-electron chi connectivity index (χ1n) is 8.87. The number of anilines is 2. The molecule has 0 atom stereocenters. The standard InChI is InChI=1S/C20H26N2O4S/c1-4-26-18-11-7-10-17(15-18)21-20(23)13-8-14-22(27(3,24)25)19-12-6-5-9-16(19)2/h5-7,9-12,15H,4,8,13-14H2,1-3H3,(H,21,23). The summed E-state index contributed by atoms with van der Waals surface area (Å²) in [6.07, 6.45) is 1.81. The summed E-state index contributed by atoms with van der Waals surface area (Å²) >= 11 is 0. The molecule has 6 nitrogen and oxygen atoms in total. The van der Waals surface area contributed by atoms with E-state index in [1.54, 1.807) is 24.3 Å². The molecule has 2 aromatic rings. The minimum atomic E-state index is -3.42. The third-order valence-electron chi connectivity index (χ3n) is 3.98. The normalized spacial score (nSPS) is 11.1. The molecular weight excluding hydrogens is 364 g/mol. The number of ether oxygens (including phenoxy) is 1. The fraction of sp³-hybridized carbons (Fsp3) is 0.350. The van der Waals surface area contributed by atoms with Gasteiger partial charge in [-0.15, -0.1) is 0 Å². The van der Waals surface area contributed by atoms with Gasteiger partial charge in [-0.25, -0.2) is 8.42 Å². The maximum absolute atomic E-state index is 12.2. The monoisotopic (exact) mass is 390 g/mol. The van der Waals surface area contributed by atoms with Gasteiger partial charge in [0.1, 0.15) is 5.75 Å². The van der Waals surface area contributed by atoms with Crippen LogP contribution in [0.5, 0.6) is 5.75 Å². The highest BCUT2D eigenvalue weighted by Gasteiger charge is 2.19. The van der Waals surface area contributed by atoms with E-state index in [0.717, 1.165) is 5.56 Å². The van der Waals surface area contributed by atoms with Crippen LogP contribution in [0.15, 0.2) is 48.5 Å². The number of hydrogen-bond acceptors (Lipinski definition) is 4. The maximum atomic E-state index is 12.2. The third kappa shape index (κ3) is 6.29. The molecule has 7 heteroatoms. The van der Waals surface area contributed by atoms with Crippen molar-refractivity contribution in [2.24, 2.45) is 0 Å². The van der Waals surface area contributed by atoms with Gasteiger partial charge in [-0.1, -0.05) is 24.3 Å². The fourth-order valence-electron chi connectivity index (χ4n) is 2.75. The number of amides is 1. The summed E-state index contributed by atoms with van der Waals surface area (Å²) in [6, 6.07) is 14.5. The summed E-state index contributed by atoms with van der Waals surface area (Å²) in [5.74, 6) is 0.528. The van der Waals surface area contributed by atoms with Gasteiger partial charge in [0.15, 0.2) is 0 Å². The molecule has 0 radical (unpaired) electrons. The lowest BCUT2D eigenvalue weighted by Crippen LogP contribution is -2.32. The maximum Gasteiger partial charge on any atom is 0.232 e. The van der Waals surface area contributed by atoms with Gasteiger partial charge < -0.3 is 10.1 Å². The number of hydrogen-bond donors (Lipinski definition) is 1. The van der Waals surface area contributed by atoms with Gasteiger partial charge in [0.25, 0.3) is 0 Å². The molecule has 2 rings (SSSR count). The molecule has 0 bridgehead atoms. The van der Waals surface area contributed by atoms with Gasteiger partial charge in [-0.05, 0) is 44.0 Å². The van der Waals surface area contributed by atoms with E-state index in [1.807, 2.05) is 38.1 Å². The Morgan fingerprint density at radius 1 is 1.15 bits per heavy atom. The van der Waals surface area contributed by atoms with E-state index in [1.165, 1.54) is 10.6 Å². The highest BCUT2D eigenvalue weighted by molar-refractivity contribution is 7.92. The van der Waals surface area contributed by atoms with Crippen molar-refractivity contribution in [1.29, 1.82) is 0 Å². The number of para-hydroxylation sites is 1. The number of benzene rings is 2. The molecule has 146 valence electrons. The Labute approximate surface area is 161 Å². The van der Waals surface area contributed by atoms with E-state index >= 15 is 0 Å². The SMILES string of the molecule is CCOc1cccc(NC(=O)CCCN(c2ccccc2C)S(C)(=O)=O)c1. The van der Waals surface area contributed by atoms with Crippen LogP contribution in [0.3, 0.4) is 0 Å². The average molecular weight is 391 g/mol. The Bertz CT molecular complexity index is 881. The van der Waals surface area contributed by atoms with E-state index in [2.05, 4.69) is 5.32 Å². The lowest BCUT2D eigenvalue weighted by molar-refractivity contribution is -0.116. The number of aryl methyl sites for hydroxylation is 1. The lowest BCUT2D eigenvalue weighted by atomic mass is 10.2. The lowest BCUT2D eigenvalue weighted by Gasteiger charge is -2.24. The molecule has 1 N–H and O–H groups in total. The van der Waals surface area contributed by atoms with E-state index < -0.39 is 10.0 Å². The Balaban J connectivity index is 1.96. The quantitative estimate of drug-likeness (QED) is 0.710. The number of nitrogens with one attached hydrogen (secondary N) is 1. The van der Waals surface area contributed by atoms with Crippen molar-refractivity contribution in [2.45, 2.75) is 26.7 Å². The van der Waals surface area contributed by atoms with Crippen LogP contribution in [-0.4, -0.2) is 33.7 Å². The topological polar surface area (TPSA) is 75.7 Å². The molecule has 0 aromatic heterocycles. The summed E-state index contributed by atoms with van der Waals surface area (Å²) in [4.78, 5) is 12.2. The number of nitrogens with zero attached hydrogens (tertiary/aromatic N) is 1. The number of carbonyl (C=O) groups is 1. The van der Waals surface area contributed by atoms with E-state index in [9.17, 15) is 13.2 Å². The number of rotatable bonds is 9. The largest absolute Gasteiger partial charge is 0.494 e. The van der Waals surface area contributed by atoms with Crippen LogP contribution in [0.25, 0.3) is 0 Å². The van der Waals surface area contributed by atoms with Crippen molar-refractivity contribution >= 4 is 27.3 Å². The van der Waals surface area contributed by atoms with Gasteiger partial charge in [0, 0.05) is 24.7 Å². The van der Waals surface area contributed by atoms with Crippen molar-refractivity contribution in [1.82, 2.24) is 0 Å². The van der Waals surface area contributed by atoms with Gasteiger partial charge >= 0.3 is 0 Å². The fourth-order valence-corrected chi connectivity index (χ4v) is 3.77. The van der Waals surface area contributed by atoms with E-state index in [0.29, 0.717) is 30.2 Å². The number of carbonyl (C=O) groups excluding carboxylic acids is 1. The second-order valence-electron chi connectivity index (χ2n) is 6.23. The molecular formula is C20H26N2O4S. The Kier molecular flexibility index (Phi) is 7.24. The second-order valence-corrected chi connectivity index (χ2v) is 8.14. The Morgan fingerprint density at radius 2 is 1.89 bits per heavy atom. The van der Waals surface area contributed by atoms with Gasteiger partial charge in [-0.2, -0.15) is 0 Å². The second kappa shape index (κ2) is 9.41. The molecule has 0 saturated heterocycles. The molecule has 0 unspecified atom stereocenters. The van der Waals surface area contributed by atoms with Gasteiger partial charge in [-0.3, -0.25) is 9.10 Å². The van der Waals surface area contributed by atoms with Crippen molar-refractivity contribution in [3.8, 4) is 5.75 Å². The van der Waals surface area contributed by atoms with E-state index in [-0.39, 0.29) is 18.9 Å². The van der Waals surface area contributed by atoms with Crippen LogP contribution in [-0.2, 0) is 14.8 Å². The smallest absolute Gasteiger partial charge is 0.232 e. The molecule has 0 spiro atoms. The molecule has 1 amide bonds. The summed E-state index contributed by atoms with van der Waals surface area (Å²) < 4.78 is 31.1. The zero-order chi connectivity index (χ0) is 19.9. The average Bonchev–Trinajstić information content (AvgIpc) is 2.59. The van der Waals surface area contributed by atoms with Crippen LogP contribution < -0.4 is 14.4 Å². The molecule has 0 aliphatic rings. The van der Waals surface area contributed by atoms with Gasteiger partial charge in [0.2, 0.25) is 15.9 Å². The predicted octanol–water partition coefficient (Wildman–Crippen LogP) is 3.58. The minimum absolute atomic E-state index is 0.165. The molecule has 0 saturated carbocycles. The van der Waals surface area contributed by atoms with Crippen LogP contribution in [0.2, 0.25) is 0 Å². The van der Waals surface area contributed by atoms with Crippen molar-refractivity contribution < 1.29 is 17.9 Å². The summed E-state index contributed by atoms with van der Waals surface area (Å²) in [5.41, 5.74) is 2.18. The third-order valence-corrected chi connectivity index (χ3v) is 5.16. The summed E-state index contributed by atoms with van der Waals surface area (Å²) in [7, 11) is -3.42.